The predicted molar refractivity (Wildman–Crippen MR) is 110 cm³/mol. The van der Waals surface area contributed by atoms with E-state index in [9.17, 15) is 16.8 Å². The van der Waals surface area contributed by atoms with Crippen molar-refractivity contribution in [1.82, 2.24) is 4.31 Å². The molecular formula is C20H25NO6S2. The van der Waals surface area contributed by atoms with Crippen molar-refractivity contribution in [2.75, 3.05) is 26.8 Å². The predicted octanol–water partition coefficient (Wildman–Crippen LogP) is 2.58. The van der Waals surface area contributed by atoms with E-state index in [4.69, 9.17) is 9.47 Å². The van der Waals surface area contributed by atoms with Crippen molar-refractivity contribution in [3.63, 3.8) is 0 Å². The molecule has 2 aromatic rings. The first-order valence-electron chi connectivity index (χ1n) is 9.25. The molecule has 1 fully saturated rings. The third-order valence-corrected chi connectivity index (χ3v) is 8.64. The number of hydrogen-bond acceptors (Lipinski definition) is 6. The van der Waals surface area contributed by atoms with E-state index in [0.29, 0.717) is 24.0 Å². The molecule has 0 saturated carbocycles. The third kappa shape index (κ3) is 4.57. The topological polar surface area (TPSA) is 90.0 Å². The van der Waals surface area contributed by atoms with E-state index < -0.39 is 25.1 Å². The Morgan fingerprint density at radius 3 is 1.93 bits per heavy atom. The molecule has 1 aliphatic heterocycles. The van der Waals surface area contributed by atoms with Crippen LogP contribution in [0, 0.1) is 5.92 Å². The molecule has 1 heterocycles. The Morgan fingerprint density at radius 1 is 0.897 bits per heavy atom. The molecule has 0 amide bonds. The van der Waals surface area contributed by atoms with Gasteiger partial charge in [-0.15, -0.1) is 0 Å². The maximum Gasteiger partial charge on any atom is 0.243 e. The molecule has 9 heteroatoms. The van der Waals surface area contributed by atoms with Crippen LogP contribution in [0.4, 0.5) is 0 Å². The fourth-order valence-electron chi connectivity index (χ4n) is 2.87. The first kappa shape index (κ1) is 21.6. The van der Waals surface area contributed by atoms with Crippen LogP contribution >= 0.6 is 0 Å². The maximum atomic E-state index is 12.8. The van der Waals surface area contributed by atoms with Crippen LogP contribution in [0.3, 0.4) is 0 Å². The summed E-state index contributed by atoms with van der Waals surface area (Å²) in [6, 6.07) is 12.3. The Balaban J connectivity index is 1.67. The standard InChI is InChI=1S/C20H25NO6S2/c1-15(2)14-27-17-6-10-19(11-7-17)29(24,25)21-12-20(13-21)28(22,23)18-8-4-16(26-3)5-9-18/h4-11,15,20H,12-14H2,1-3H3. The van der Waals surface area contributed by atoms with E-state index in [1.165, 1.54) is 35.7 Å². The lowest BCUT2D eigenvalue weighted by atomic mass is 10.2. The van der Waals surface area contributed by atoms with E-state index in [0.717, 1.165) is 0 Å². The summed E-state index contributed by atoms with van der Waals surface area (Å²) in [7, 11) is -5.85. The number of sulfonamides is 1. The van der Waals surface area contributed by atoms with Crippen LogP contribution in [0.15, 0.2) is 58.3 Å². The molecule has 3 rings (SSSR count). The number of benzene rings is 2. The third-order valence-electron chi connectivity index (χ3n) is 4.69. The number of hydrogen-bond donors (Lipinski definition) is 0. The van der Waals surface area contributed by atoms with Gasteiger partial charge >= 0.3 is 0 Å². The van der Waals surface area contributed by atoms with E-state index in [1.54, 1.807) is 24.3 Å². The van der Waals surface area contributed by atoms with Gasteiger partial charge in [0.2, 0.25) is 10.0 Å². The summed E-state index contributed by atoms with van der Waals surface area (Å²) in [6.07, 6.45) is 0. The Morgan fingerprint density at radius 2 is 1.41 bits per heavy atom. The summed E-state index contributed by atoms with van der Waals surface area (Å²) >= 11 is 0. The van der Waals surface area contributed by atoms with Gasteiger partial charge in [0.1, 0.15) is 11.5 Å². The van der Waals surface area contributed by atoms with Crippen molar-refractivity contribution in [1.29, 1.82) is 0 Å². The Labute approximate surface area is 172 Å². The molecule has 158 valence electrons. The van der Waals surface area contributed by atoms with Crippen molar-refractivity contribution < 1.29 is 26.3 Å². The van der Waals surface area contributed by atoms with Crippen LogP contribution in [-0.4, -0.2) is 53.2 Å². The highest BCUT2D eigenvalue weighted by Gasteiger charge is 2.44. The molecule has 1 saturated heterocycles. The maximum absolute atomic E-state index is 12.8. The minimum absolute atomic E-state index is 0.0672. The van der Waals surface area contributed by atoms with E-state index >= 15 is 0 Å². The summed E-state index contributed by atoms with van der Waals surface area (Å²) in [5, 5.41) is -0.765. The molecule has 0 bridgehead atoms. The zero-order chi connectivity index (χ0) is 21.2. The highest BCUT2D eigenvalue weighted by Crippen LogP contribution is 2.30. The number of methoxy groups -OCH3 is 1. The van der Waals surface area contributed by atoms with Crippen LogP contribution in [0.2, 0.25) is 0 Å². The molecule has 0 radical (unpaired) electrons. The van der Waals surface area contributed by atoms with Crippen LogP contribution < -0.4 is 9.47 Å². The average molecular weight is 440 g/mol. The first-order chi connectivity index (χ1) is 13.6. The number of rotatable bonds is 8. The smallest absolute Gasteiger partial charge is 0.243 e. The second kappa shape index (κ2) is 8.33. The lowest BCUT2D eigenvalue weighted by molar-refractivity contribution is 0.271. The SMILES string of the molecule is COc1ccc(S(=O)(=O)C2CN(S(=O)(=O)c3ccc(OCC(C)C)cc3)C2)cc1. The summed E-state index contributed by atoms with van der Waals surface area (Å²) in [4.78, 5) is 0.279. The molecular weight excluding hydrogens is 414 g/mol. The molecule has 1 aliphatic rings. The molecule has 29 heavy (non-hydrogen) atoms. The van der Waals surface area contributed by atoms with Crippen LogP contribution in [-0.2, 0) is 19.9 Å². The average Bonchev–Trinajstić information content (AvgIpc) is 2.65. The quantitative estimate of drug-likeness (QED) is 0.628. The van der Waals surface area contributed by atoms with Crippen molar-refractivity contribution in [2.24, 2.45) is 5.92 Å². The Kier molecular flexibility index (Phi) is 6.21. The molecule has 0 aromatic heterocycles. The van der Waals surface area contributed by atoms with Crippen molar-refractivity contribution in [2.45, 2.75) is 28.9 Å². The minimum Gasteiger partial charge on any atom is -0.497 e. The number of nitrogens with zero attached hydrogens (tertiary/aromatic N) is 1. The normalized spacial score (nSPS) is 15.9. The molecule has 0 spiro atoms. The van der Waals surface area contributed by atoms with Gasteiger partial charge in [0, 0.05) is 13.1 Å². The van der Waals surface area contributed by atoms with Gasteiger partial charge in [0.15, 0.2) is 9.84 Å². The second-order valence-electron chi connectivity index (χ2n) is 7.34. The van der Waals surface area contributed by atoms with E-state index in [2.05, 4.69) is 0 Å². The summed E-state index contributed by atoms with van der Waals surface area (Å²) < 4.78 is 62.7. The number of ether oxygens (including phenoxy) is 2. The second-order valence-corrected chi connectivity index (χ2v) is 11.5. The molecule has 0 unspecified atom stereocenters. The van der Waals surface area contributed by atoms with Crippen LogP contribution in [0.5, 0.6) is 11.5 Å². The molecule has 2 aromatic carbocycles. The summed E-state index contributed by atoms with van der Waals surface area (Å²) in [5.41, 5.74) is 0. The van der Waals surface area contributed by atoms with Crippen LogP contribution in [0.1, 0.15) is 13.8 Å². The Bertz CT molecular complexity index is 1040. The van der Waals surface area contributed by atoms with Crippen molar-refractivity contribution >= 4 is 19.9 Å². The molecule has 0 N–H and O–H groups in total. The lowest BCUT2D eigenvalue weighted by Crippen LogP contribution is -2.56. The number of sulfone groups is 1. The fraction of sp³-hybridized carbons (Fsp3) is 0.400. The van der Waals surface area contributed by atoms with Crippen molar-refractivity contribution in [3.05, 3.63) is 48.5 Å². The fourth-order valence-corrected chi connectivity index (χ4v) is 6.24. The van der Waals surface area contributed by atoms with Gasteiger partial charge in [-0.05, 0) is 54.4 Å². The largest absolute Gasteiger partial charge is 0.497 e. The van der Waals surface area contributed by atoms with Gasteiger partial charge in [-0.3, -0.25) is 0 Å². The summed E-state index contributed by atoms with van der Waals surface area (Å²) in [6.45, 7) is 4.46. The van der Waals surface area contributed by atoms with Crippen molar-refractivity contribution in [3.8, 4) is 11.5 Å². The van der Waals surface area contributed by atoms with Gasteiger partial charge in [0.05, 0.1) is 28.8 Å². The van der Waals surface area contributed by atoms with E-state index in [1.807, 2.05) is 13.8 Å². The van der Waals surface area contributed by atoms with Gasteiger partial charge < -0.3 is 9.47 Å². The summed E-state index contributed by atoms with van der Waals surface area (Å²) in [5.74, 6) is 1.52. The zero-order valence-electron chi connectivity index (χ0n) is 16.6. The lowest BCUT2D eigenvalue weighted by Gasteiger charge is -2.37. The highest BCUT2D eigenvalue weighted by atomic mass is 32.2. The highest BCUT2D eigenvalue weighted by molar-refractivity contribution is 7.92. The van der Waals surface area contributed by atoms with Gasteiger partial charge in [-0.2, -0.15) is 4.31 Å². The molecule has 0 atom stereocenters. The van der Waals surface area contributed by atoms with Crippen LogP contribution in [0.25, 0.3) is 0 Å². The van der Waals surface area contributed by atoms with E-state index in [-0.39, 0.29) is 22.9 Å². The monoisotopic (exact) mass is 439 g/mol. The Hall–Kier alpha value is -2.10. The molecule has 0 aliphatic carbocycles. The van der Waals surface area contributed by atoms with Gasteiger partial charge in [0.25, 0.3) is 0 Å². The zero-order valence-corrected chi connectivity index (χ0v) is 18.2. The molecule has 7 nitrogen and oxygen atoms in total. The van der Waals surface area contributed by atoms with Gasteiger partial charge in [-0.25, -0.2) is 16.8 Å². The minimum atomic E-state index is -3.74. The van der Waals surface area contributed by atoms with Gasteiger partial charge in [-0.1, -0.05) is 13.8 Å². The first-order valence-corrected chi connectivity index (χ1v) is 12.2.